The fourth-order valence-corrected chi connectivity index (χ4v) is 5.62. The van der Waals surface area contributed by atoms with Gasteiger partial charge >= 0.3 is 0 Å². The van der Waals surface area contributed by atoms with Crippen molar-refractivity contribution in [2.45, 2.75) is 51.2 Å². The van der Waals surface area contributed by atoms with Crippen LogP contribution in [-0.4, -0.2) is 53.6 Å². The lowest BCUT2D eigenvalue weighted by atomic mass is 9.87. The first-order valence-corrected chi connectivity index (χ1v) is 13.2. The van der Waals surface area contributed by atoms with Crippen molar-refractivity contribution in [3.63, 3.8) is 0 Å². The van der Waals surface area contributed by atoms with Crippen molar-refractivity contribution < 1.29 is 18.3 Å². The average molecular weight is 531 g/mol. The van der Waals surface area contributed by atoms with Gasteiger partial charge in [-0.25, -0.2) is 18.8 Å². The quantitative estimate of drug-likeness (QED) is 0.628. The molecule has 3 fully saturated rings. The van der Waals surface area contributed by atoms with Crippen LogP contribution in [0.25, 0.3) is 5.70 Å². The topological polar surface area (TPSA) is 91.7 Å². The van der Waals surface area contributed by atoms with Gasteiger partial charge in [0.1, 0.15) is 5.02 Å². The molecule has 1 unspecified atom stereocenters. The molecule has 0 radical (unpaired) electrons. The van der Waals surface area contributed by atoms with Crippen LogP contribution < -0.4 is 26.1 Å². The molecule has 4 aliphatic rings. The molecule has 0 bridgehead atoms. The summed E-state index contributed by atoms with van der Waals surface area (Å²) in [7, 11) is 0. The van der Waals surface area contributed by atoms with Gasteiger partial charge in [0.2, 0.25) is 5.95 Å². The van der Waals surface area contributed by atoms with E-state index >= 15 is 0 Å². The van der Waals surface area contributed by atoms with E-state index in [9.17, 15) is 13.6 Å². The van der Waals surface area contributed by atoms with Gasteiger partial charge in [0, 0.05) is 41.9 Å². The van der Waals surface area contributed by atoms with Gasteiger partial charge in [-0.2, -0.15) is 4.98 Å². The molecular weight excluding hydrogens is 502 g/mol. The number of halogens is 3. The van der Waals surface area contributed by atoms with Crippen LogP contribution in [0.15, 0.2) is 29.4 Å². The molecule has 196 valence electrons. The summed E-state index contributed by atoms with van der Waals surface area (Å²) in [5.74, 6) is -3.35. The molecule has 1 aromatic heterocycles. The van der Waals surface area contributed by atoms with E-state index in [0.717, 1.165) is 17.3 Å². The van der Waals surface area contributed by atoms with Crippen molar-refractivity contribution in [3.8, 4) is 0 Å². The lowest BCUT2D eigenvalue weighted by molar-refractivity contribution is -0.126. The summed E-state index contributed by atoms with van der Waals surface area (Å²) in [4.78, 5) is 27.6. The molecule has 6 rings (SSSR count). The van der Waals surface area contributed by atoms with Crippen molar-refractivity contribution in [3.05, 3.63) is 40.0 Å². The van der Waals surface area contributed by atoms with Crippen molar-refractivity contribution >= 4 is 40.7 Å². The Kier molecular flexibility index (Phi) is 6.06. The number of hydrogen-bond donors (Lipinski definition) is 2. The first kappa shape index (κ1) is 24.5. The fraction of sp³-hybridized carbons (Fsp3) is 0.538. The number of nitrogens with one attached hydrogen (secondary N) is 2. The minimum atomic E-state index is -2.73. The summed E-state index contributed by atoms with van der Waals surface area (Å²) in [6.45, 7) is 3.91. The third-order valence-electron chi connectivity index (χ3n) is 7.83. The highest BCUT2D eigenvalue weighted by molar-refractivity contribution is 6.32. The largest absolute Gasteiger partial charge is 0.382 e. The maximum atomic E-state index is 14.3. The molecule has 3 aliphatic heterocycles. The third-order valence-corrected chi connectivity index (χ3v) is 8.11. The van der Waals surface area contributed by atoms with E-state index in [1.54, 1.807) is 30.9 Å². The molecule has 11 heteroatoms. The average Bonchev–Trinajstić information content (AvgIpc) is 3.71. The van der Waals surface area contributed by atoms with Crippen LogP contribution in [0.1, 0.15) is 33.1 Å². The molecule has 2 aromatic rings. The summed E-state index contributed by atoms with van der Waals surface area (Å²) in [6.07, 6.45) is 3.96. The molecule has 1 saturated carbocycles. The maximum absolute atomic E-state index is 14.3. The molecule has 1 aliphatic carbocycles. The summed E-state index contributed by atoms with van der Waals surface area (Å²) < 4.78 is 34.6. The number of alkyl halides is 2. The van der Waals surface area contributed by atoms with Gasteiger partial charge in [0.15, 0.2) is 11.9 Å². The van der Waals surface area contributed by atoms with Crippen LogP contribution in [-0.2, 0) is 9.53 Å². The summed E-state index contributed by atoms with van der Waals surface area (Å²) in [5.41, 5.74) is 1.45. The second kappa shape index (κ2) is 9.16. The number of hydrogen-bond acceptors (Lipinski definition) is 7. The van der Waals surface area contributed by atoms with E-state index < -0.39 is 23.9 Å². The highest BCUT2D eigenvalue weighted by atomic mass is 35.5. The molecule has 1 amide bonds. The van der Waals surface area contributed by atoms with Crippen molar-refractivity contribution in [1.29, 1.82) is 0 Å². The van der Waals surface area contributed by atoms with Gasteiger partial charge in [-0.05, 0) is 43.4 Å². The van der Waals surface area contributed by atoms with Gasteiger partial charge in [0.05, 0.1) is 23.9 Å². The Balaban J connectivity index is 1.32. The minimum Gasteiger partial charge on any atom is -0.382 e. The molecule has 2 saturated heterocycles. The predicted molar refractivity (Wildman–Crippen MR) is 135 cm³/mol. The minimum absolute atomic E-state index is 0.153. The highest BCUT2D eigenvalue weighted by Crippen LogP contribution is 2.39. The van der Waals surface area contributed by atoms with Gasteiger partial charge in [-0.3, -0.25) is 4.79 Å². The van der Waals surface area contributed by atoms with E-state index in [1.165, 1.54) is 19.0 Å². The van der Waals surface area contributed by atoms with Crippen molar-refractivity contribution in [2.24, 2.45) is 22.7 Å². The first-order valence-electron chi connectivity index (χ1n) is 12.8. The second-order valence-electron chi connectivity index (χ2n) is 10.6. The molecule has 4 atom stereocenters. The maximum Gasteiger partial charge on any atom is 0.281 e. The Morgan fingerprint density at radius 3 is 2.68 bits per heavy atom. The smallest absolute Gasteiger partial charge is 0.281 e. The summed E-state index contributed by atoms with van der Waals surface area (Å²) >= 11 is 6.42. The number of amides is 1. The van der Waals surface area contributed by atoms with E-state index in [1.807, 2.05) is 6.07 Å². The number of anilines is 3. The number of nitrogens with zero attached hydrogens (tertiary/aromatic N) is 4. The molecule has 0 spiro atoms. The Bertz CT molecular complexity index is 1350. The predicted octanol–water partition coefficient (Wildman–Crippen LogP) is 3.03. The lowest BCUT2D eigenvalue weighted by Gasteiger charge is -2.41. The van der Waals surface area contributed by atoms with E-state index in [-0.39, 0.29) is 25.0 Å². The number of piperidine rings is 1. The van der Waals surface area contributed by atoms with E-state index in [2.05, 4.69) is 25.6 Å². The molecule has 4 heterocycles. The fourth-order valence-electron chi connectivity index (χ4n) is 5.48. The van der Waals surface area contributed by atoms with Crippen LogP contribution in [0.5, 0.6) is 0 Å². The zero-order valence-electron chi connectivity index (χ0n) is 20.7. The first-order chi connectivity index (χ1) is 17.7. The lowest BCUT2D eigenvalue weighted by Crippen LogP contribution is -2.52. The number of aromatic nitrogens is 2. The SMILES string of the molecule is C[C@@H]1CN(c2ncc(Cl)c(Nc3ccc4c(c3)=C3N[C@@H](C5CC5)CCOC3C(=O)N=4)n2)C[C@H](C)C1(F)F. The molecule has 37 heavy (non-hydrogen) atoms. The Hall–Kier alpha value is -2.85. The van der Waals surface area contributed by atoms with Gasteiger partial charge in [-0.1, -0.05) is 25.4 Å². The Labute approximate surface area is 218 Å². The zero-order valence-corrected chi connectivity index (χ0v) is 21.4. The van der Waals surface area contributed by atoms with E-state index in [0.29, 0.717) is 40.4 Å². The standard InChI is InChI=1S/C26H29ClF2N6O2/c1-13-11-35(12-14(2)26(13,28)29)25-30-10-18(27)23(34-25)31-16-5-6-20-17(9-16)21-22(24(36)33-20)37-8-7-19(32-21)15-3-4-15/h5-6,9-10,13-15,19,22,32H,3-4,7-8,11-12H2,1-2H3,(H,30,31,34)/t13-,14+,19-,22?/m1/s1. The van der Waals surface area contributed by atoms with Gasteiger partial charge in [-0.15, -0.1) is 0 Å². The number of carbonyl (C=O) groups is 1. The molecule has 8 nitrogen and oxygen atoms in total. The molecule has 1 aromatic carbocycles. The zero-order chi connectivity index (χ0) is 25.9. The second-order valence-corrected chi connectivity index (χ2v) is 11.0. The van der Waals surface area contributed by atoms with Crippen molar-refractivity contribution in [2.75, 3.05) is 29.9 Å². The number of benzene rings is 1. The van der Waals surface area contributed by atoms with Crippen LogP contribution >= 0.6 is 11.6 Å². The van der Waals surface area contributed by atoms with Gasteiger partial charge in [0.25, 0.3) is 11.8 Å². The molecule has 2 N–H and O–H groups in total. The van der Waals surface area contributed by atoms with Crippen LogP contribution in [0.4, 0.5) is 26.2 Å². The number of fused-ring (bicyclic) bond motifs is 2. The summed E-state index contributed by atoms with van der Waals surface area (Å²) in [6, 6.07) is 5.76. The van der Waals surface area contributed by atoms with Crippen molar-refractivity contribution in [1.82, 2.24) is 15.3 Å². The third kappa shape index (κ3) is 4.54. The highest BCUT2D eigenvalue weighted by Gasteiger charge is 2.47. The monoisotopic (exact) mass is 530 g/mol. The molecular formula is C26H29ClF2N6O2. The Morgan fingerprint density at radius 1 is 1.19 bits per heavy atom. The Morgan fingerprint density at radius 2 is 1.95 bits per heavy atom. The number of rotatable bonds is 4. The van der Waals surface area contributed by atoms with Gasteiger partial charge < -0.3 is 20.3 Å². The van der Waals surface area contributed by atoms with Crippen LogP contribution in [0.2, 0.25) is 5.02 Å². The van der Waals surface area contributed by atoms with Crippen LogP contribution in [0.3, 0.4) is 0 Å². The normalized spacial score (nSPS) is 28.9. The van der Waals surface area contributed by atoms with E-state index in [4.69, 9.17) is 16.3 Å². The summed E-state index contributed by atoms with van der Waals surface area (Å²) in [5, 5.41) is 8.53. The number of carbonyl (C=O) groups excluding carboxylic acids is 1. The van der Waals surface area contributed by atoms with Crippen LogP contribution in [0, 0.1) is 17.8 Å². The number of ether oxygens (including phenoxy) is 1.